The molecule has 33 heavy (non-hydrogen) atoms. The molecule has 172 valence electrons. The highest BCUT2D eigenvalue weighted by Gasteiger charge is 2.47. The van der Waals surface area contributed by atoms with Crippen LogP contribution in [0.2, 0.25) is 10.0 Å². The third kappa shape index (κ3) is 4.85. The van der Waals surface area contributed by atoms with Gasteiger partial charge in [0, 0.05) is 13.1 Å². The lowest BCUT2D eigenvalue weighted by molar-refractivity contribution is -0.143. The molecule has 11 heteroatoms. The van der Waals surface area contributed by atoms with Crippen LogP contribution in [0.3, 0.4) is 0 Å². The van der Waals surface area contributed by atoms with Crippen molar-refractivity contribution in [2.24, 2.45) is 11.8 Å². The highest BCUT2D eigenvalue weighted by molar-refractivity contribution is 8.18. The van der Waals surface area contributed by atoms with Gasteiger partial charge in [-0.3, -0.25) is 33.8 Å². The molecule has 1 N–H and O–H groups in total. The number of likely N-dealkylation sites (tertiary alicyclic amines) is 1. The number of carbonyl (C=O) groups excluding carboxylic acids is 5. The number of thioether (sulfide) groups is 1. The first kappa shape index (κ1) is 23.5. The van der Waals surface area contributed by atoms with E-state index in [-0.39, 0.29) is 36.4 Å². The van der Waals surface area contributed by atoms with Gasteiger partial charge in [0.05, 0.1) is 26.8 Å². The molecule has 1 aromatic carbocycles. The van der Waals surface area contributed by atoms with Crippen molar-refractivity contribution >= 4 is 69.9 Å². The summed E-state index contributed by atoms with van der Waals surface area (Å²) in [6.07, 6.45) is 6.31. The van der Waals surface area contributed by atoms with Crippen LogP contribution in [0.25, 0.3) is 6.08 Å². The van der Waals surface area contributed by atoms with Gasteiger partial charge in [-0.15, -0.1) is 0 Å². The Morgan fingerprint density at radius 1 is 1.03 bits per heavy atom. The second-order valence-electron chi connectivity index (χ2n) is 7.78. The average molecular weight is 508 g/mol. The topological polar surface area (TPSA) is 104 Å². The van der Waals surface area contributed by atoms with E-state index in [0.717, 1.165) is 21.6 Å². The van der Waals surface area contributed by atoms with Crippen LogP contribution in [-0.4, -0.2) is 58.3 Å². The van der Waals surface area contributed by atoms with Gasteiger partial charge >= 0.3 is 0 Å². The van der Waals surface area contributed by atoms with Crippen LogP contribution in [0, 0.1) is 11.8 Å². The number of hydrogen-bond donors (Lipinski definition) is 1. The van der Waals surface area contributed by atoms with Crippen molar-refractivity contribution < 1.29 is 24.0 Å². The first-order valence-electron chi connectivity index (χ1n) is 10.2. The molecule has 2 atom stereocenters. The molecule has 0 saturated carbocycles. The highest BCUT2D eigenvalue weighted by atomic mass is 35.5. The Labute approximate surface area is 203 Å². The van der Waals surface area contributed by atoms with Crippen molar-refractivity contribution in [3.8, 4) is 0 Å². The van der Waals surface area contributed by atoms with E-state index in [2.05, 4.69) is 5.32 Å². The Morgan fingerprint density at radius 2 is 1.70 bits per heavy atom. The van der Waals surface area contributed by atoms with Crippen molar-refractivity contribution in [3.63, 3.8) is 0 Å². The monoisotopic (exact) mass is 507 g/mol. The second-order valence-corrected chi connectivity index (χ2v) is 9.58. The first-order valence-corrected chi connectivity index (χ1v) is 11.8. The molecule has 0 radical (unpaired) electrons. The summed E-state index contributed by atoms with van der Waals surface area (Å²) in [5.41, 5.74) is 0.624. The number of allylic oxidation sites excluding steroid dienone is 2. The summed E-state index contributed by atoms with van der Waals surface area (Å²) >= 11 is 12.7. The number of carbonyl (C=O) groups is 5. The number of hydrogen-bond acceptors (Lipinski definition) is 6. The van der Waals surface area contributed by atoms with Crippen LogP contribution >= 0.6 is 35.0 Å². The van der Waals surface area contributed by atoms with Gasteiger partial charge in [-0.1, -0.05) is 41.4 Å². The van der Waals surface area contributed by atoms with E-state index in [1.165, 1.54) is 0 Å². The fourth-order valence-electron chi connectivity index (χ4n) is 3.98. The maximum Gasteiger partial charge on any atom is 0.293 e. The summed E-state index contributed by atoms with van der Waals surface area (Å²) in [5.74, 6) is -2.46. The van der Waals surface area contributed by atoms with Gasteiger partial charge < -0.3 is 5.32 Å². The Hall–Kier alpha value is -2.62. The minimum absolute atomic E-state index is 0.00155. The molecule has 8 nitrogen and oxygen atoms in total. The third-order valence-electron chi connectivity index (χ3n) is 5.67. The molecule has 2 heterocycles. The maximum absolute atomic E-state index is 12.6. The lowest BCUT2D eigenvalue weighted by Gasteiger charge is -2.16. The fraction of sp³-hybridized carbons (Fsp3) is 0.318. The van der Waals surface area contributed by atoms with Crippen molar-refractivity contribution in [1.82, 2.24) is 15.1 Å². The zero-order valence-electron chi connectivity index (χ0n) is 17.3. The normalized spacial score (nSPS) is 23.6. The van der Waals surface area contributed by atoms with E-state index in [1.54, 1.807) is 24.3 Å². The zero-order chi connectivity index (χ0) is 23.7. The van der Waals surface area contributed by atoms with E-state index in [1.807, 2.05) is 12.2 Å². The SMILES string of the molecule is O=C(CN1C(=O)[C@H]2CC=CC[C@H]2C1=O)NCCN1C(=O)S/C(=C/c2ccc(Cl)c(Cl)c2)C1=O. The fourth-order valence-corrected chi connectivity index (χ4v) is 5.15. The summed E-state index contributed by atoms with van der Waals surface area (Å²) in [4.78, 5) is 64.3. The molecule has 0 unspecified atom stereocenters. The quantitative estimate of drug-likeness (QED) is 0.360. The number of nitrogens with one attached hydrogen (secondary N) is 1. The summed E-state index contributed by atoms with van der Waals surface area (Å²) in [6.45, 7) is -0.405. The van der Waals surface area contributed by atoms with E-state index < -0.39 is 28.9 Å². The van der Waals surface area contributed by atoms with Crippen molar-refractivity contribution in [2.75, 3.05) is 19.6 Å². The standard InChI is InChI=1S/C22H19Cl2N3O5S/c23-15-6-5-12(9-16(15)24)10-17-21(31)26(22(32)33-17)8-7-25-18(28)11-27-19(29)13-3-1-2-4-14(13)20(27)30/h1-2,5-6,9-10,13-14H,3-4,7-8,11H2,(H,25,28)/b17-10+/t13-,14+. The van der Waals surface area contributed by atoms with E-state index in [9.17, 15) is 24.0 Å². The molecule has 0 bridgehead atoms. The van der Waals surface area contributed by atoms with Crippen LogP contribution in [0.5, 0.6) is 0 Å². The van der Waals surface area contributed by atoms with Crippen LogP contribution in [0.1, 0.15) is 18.4 Å². The van der Waals surface area contributed by atoms with Gasteiger partial charge in [0.15, 0.2) is 0 Å². The number of benzene rings is 1. The summed E-state index contributed by atoms with van der Waals surface area (Å²) in [5, 5.41) is 2.83. The lowest BCUT2D eigenvalue weighted by atomic mass is 9.85. The Balaban J connectivity index is 1.30. The Kier molecular flexibility index (Phi) is 6.92. The molecule has 2 aliphatic heterocycles. The molecule has 3 aliphatic rings. The number of nitrogens with zero attached hydrogens (tertiary/aromatic N) is 2. The predicted molar refractivity (Wildman–Crippen MR) is 124 cm³/mol. The molecule has 0 aromatic heterocycles. The zero-order valence-corrected chi connectivity index (χ0v) is 19.6. The van der Waals surface area contributed by atoms with Crippen molar-refractivity contribution in [2.45, 2.75) is 12.8 Å². The van der Waals surface area contributed by atoms with Crippen molar-refractivity contribution in [3.05, 3.63) is 50.9 Å². The Morgan fingerprint density at radius 3 is 2.33 bits per heavy atom. The van der Waals surface area contributed by atoms with E-state index in [0.29, 0.717) is 28.5 Å². The first-order chi connectivity index (χ1) is 15.8. The minimum Gasteiger partial charge on any atom is -0.353 e. The number of fused-ring (bicyclic) bond motifs is 1. The Bertz CT molecular complexity index is 1090. The van der Waals surface area contributed by atoms with Gasteiger partial charge in [-0.2, -0.15) is 0 Å². The molecule has 1 aromatic rings. The summed E-state index contributed by atoms with van der Waals surface area (Å²) in [7, 11) is 0. The van der Waals surface area contributed by atoms with Gasteiger partial charge in [0.1, 0.15) is 6.54 Å². The second kappa shape index (κ2) is 9.70. The van der Waals surface area contributed by atoms with Gasteiger partial charge in [0.2, 0.25) is 17.7 Å². The van der Waals surface area contributed by atoms with Gasteiger partial charge in [-0.25, -0.2) is 0 Å². The molecule has 0 spiro atoms. The molecular weight excluding hydrogens is 489 g/mol. The molecule has 1 aliphatic carbocycles. The van der Waals surface area contributed by atoms with Crippen LogP contribution < -0.4 is 5.32 Å². The van der Waals surface area contributed by atoms with Crippen LogP contribution in [0.15, 0.2) is 35.3 Å². The molecule has 4 rings (SSSR count). The smallest absolute Gasteiger partial charge is 0.293 e. The number of imide groups is 2. The molecule has 5 amide bonds. The average Bonchev–Trinajstić information content (AvgIpc) is 3.19. The van der Waals surface area contributed by atoms with Crippen LogP contribution in [-0.2, 0) is 19.2 Å². The third-order valence-corrected chi connectivity index (χ3v) is 7.32. The van der Waals surface area contributed by atoms with Gasteiger partial charge in [-0.05, 0) is 48.4 Å². The lowest BCUT2D eigenvalue weighted by Crippen LogP contribution is -2.43. The van der Waals surface area contributed by atoms with Crippen molar-refractivity contribution in [1.29, 1.82) is 0 Å². The van der Waals surface area contributed by atoms with Crippen LogP contribution in [0.4, 0.5) is 4.79 Å². The molecule has 2 saturated heterocycles. The highest BCUT2D eigenvalue weighted by Crippen LogP contribution is 2.35. The number of amides is 5. The van der Waals surface area contributed by atoms with E-state index >= 15 is 0 Å². The maximum atomic E-state index is 12.6. The van der Waals surface area contributed by atoms with Gasteiger partial charge in [0.25, 0.3) is 11.1 Å². The molecular formula is C22H19Cl2N3O5S. The minimum atomic E-state index is -0.526. The number of rotatable bonds is 6. The summed E-state index contributed by atoms with van der Waals surface area (Å²) in [6, 6.07) is 4.86. The number of halogens is 2. The predicted octanol–water partition coefficient (Wildman–Crippen LogP) is 3.10. The van der Waals surface area contributed by atoms with E-state index in [4.69, 9.17) is 23.2 Å². The summed E-state index contributed by atoms with van der Waals surface area (Å²) < 4.78 is 0. The largest absolute Gasteiger partial charge is 0.353 e. The molecule has 2 fully saturated rings.